The van der Waals surface area contributed by atoms with Crippen LogP contribution in [0.1, 0.15) is 114 Å². The SMILES string of the molecule is CCCCCCCCCCCCCC(Br)CCCCc1ccccc1Sc1ccc(C)c(OC)c1OC. The van der Waals surface area contributed by atoms with Gasteiger partial charge in [-0.25, -0.2) is 0 Å². The summed E-state index contributed by atoms with van der Waals surface area (Å²) in [5.74, 6) is 1.65. The summed E-state index contributed by atoms with van der Waals surface area (Å²) in [7, 11) is 3.43. The van der Waals surface area contributed by atoms with Crippen molar-refractivity contribution < 1.29 is 9.47 Å². The molecule has 0 spiro atoms. The summed E-state index contributed by atoms with van der Waals surface area (Å²) >= 11 is 5.73. The first-order chi connectivity index (χ1) is 18.1. The highest BCUT2D eigenvalue weighted by Crippen LogP contribution is 2.43. The number of alkyl halides is 1. The van der Waals surface area contributed by atoms with Crippen molar-refractivity contribution in [2.24, 2.45) is 0 Å². The van der Waals surface area contributed by atoms with Gasteiger partial charge in [0, 0.05) is 9.72 Å². The van der Waals surface area contributed by atoms with Crippen molar-refractivity contribution in [1.82, 2.24) is 0 Å². The van der Waals surface area contributed by atoms with Crippen molar-refractivity contribution in [2.45, 2.75) is 131 Å². The number of hydrogen-bond donors (Lipinski definition) is 0. The largest absolute Gasteiger partial charge is 0.493 e. The minimum Gasteiger partial charge on any atom is -0.493 e. The van der Waals surface area contributed by atoms with Gasteiger partial charge in [-0.1, -0.05) is 136 Å². The van der Waals surface area contributed by atoms with Gasteiger partial charge in [-0.3, -0.25) is 0 Å². The second-order valence-corrected chi connectivity index (χ2v) is 12.7. The summed E-state index contributed by atoms with van der Waals surface area (Å²) in [6.45, 7) is 4.35. The fourth-order valence-corrected chi connectivity index (χ4v) is 6.69. The van der Waals surface area contributed by atoms with E-state index < -0.39 is 0 Å². The number of hydrogen-bond acceptors (Lipinski definition) is 3. The third-order valence-electron chi connectivity index (χ3n) is 7.21. The first kappa shape index (κ1) is 32.1. The molecule has 0 saturated carbocycles. The number of methoxy groups -OCH3 is 2. The molecule has 0 N–H and O–H groups in total. The standard InChI is InChI=1S/C33H51BrO2S/c1-5-6-7-8-9-10-11-12-13-14-15-22-29(34)23-18-16-20-28-21-17-19-24-30(28)37-31-26-25-27(2)32(35-3)33(31)36-4/h17,19,21,24-26,29H,5-16,18,20,22-23H2,1-4H3. The Morgan fingerprint density at radius 2 is 1.24 bits per heavy atom. The highest BCUT2D eigenvalue weighted by atomic mass is 79.9. The Bertz CT molecular complexity index is 869. The van der Waals surface area contributed by atoms with Crippen LogP contribution in [0.2, 0.25) is 0 Å². The lowest BCUT2D eigenvalue weighted by Crippen LogP contribution is -1.99. The maximum Gasteiger partial charge on any atom is 0.174 e. The number of ether oxygens (including phenoxy) is 2. The molecule has 4 heteroatoms. The Balaban J connectivity index is 1.64. The summed E-state index contributed by atoms with van der Waals surface area (Å²) in [4.78, 5) is 3.08. The zero-order valence-electron chi connectivity index (χ0n) is 24.0. The minimum atomic E-state index is 0.667. The number of rotatable bonds is 21. The average molecular weight is 592 g/mol. The molecule has 37 heavy (non-hydrogen) atoms. The molecular weight excluding hydrogens is 540 g/mol. The van der Waals surface area contributed by atoms with Crippen LogP contribution in [-0.2, 0) is 6.42 Å². The maximum atomic E-state index is 5.72. The van der Waals surface area contributed by atoms with E-state index >= 15 is 0 Å². The Morgan fingerprint density at radius 1 is 0.676 bits per heavy atom. The van der Waals surface area contributed by atoms with Crippen molar-refractivity contribution in [2.75, 3.05) is 14.2 Å². The van der Waals surface area contributed by atoms with Crippen LogP contribution in [0.5, 0.6) is 11.5 Å². The fourth-order valence-electron chi connectivity index (χ4n) is 4.95. The van der Waals surface area contributed by atoms with Gasteiger partial charge in [-0.05, 0) is 55.9 Å². The predicted octanol–water partition coefficient (Wildman–Crippen LogP) is 11.3. The molecule has 0 aliphatic rings. The Labute approximate surface area is 240 Å². The van der Waals surface area contributed by atoms with Gasteiger partial charge in [0.2, 0.25) is 0 Å². The van der Waals surface area contributed by atoms with Gasteiger partial charge in [-0.15, -0.1) is 0 Å². The number of halogens is 1. The zero-order chi connectivity index (χ0) is 26.7. The monoisotopic (exact) mass is 590 g/mol. The molecule has 2 aromatic rings. The molecule has 208 valence electrons. The Hall–Kier alpha value is -1.13. The van der Waals surface area contributed by atoms with Crippen LogP contribution >= 0.6 is 27.7 Å². The summed E-state index contributed by atoms with van der Waals surface area (Å²) in [5, 5.41) is 0. The first-order valence-electron chi connectivity index (χ1n) is 14.7. The van der Waals surface area contributed by atoms with E-state index in [1.807, 2.05) is 0 Å². The Morgan fingerprint density at radius 3 is 1.86 bits per heavy atom. The lowest BCUT2D eigenvalue weighted by molar-refractivity contribution is 0.346. The van der Waals surface area contributed by atoms with E-state index in [2.05, 4.69) is 66.2 Å². The summed E-state index contributed by atoms with van der Waals surface area (Å²) < 4.78 is 11.3. The number of unbranched alkanes of at least 4 members (excludes halogenated alkanes) is 11. The number of benzene rings is 2. The van der Waals surface area contributed by atoms with E-state index in [0.717, 1.165) is 28.4 Å². The first-order valence-corrected chi connectivity index (χ1v) is 16.4. The summed E-state index contributed by atoms with van der Waals surface area (Å²) in [6.07, 6.45) is 21.8. The molecule has 0 aromatic heterocycles. The lowest BCUT2D eigenvalue weighted by atomic mass is 10.0. The fraction of sp³-hybridized carbons (Fsp3) is 0.636. The highest BCUT2D eigenvalue weighted by molar-refractivity contribution is 9.09. The molecule has 0 heterocycles. The van der Waals surface area contributed by atoms with Crippen molar-refractivity contribution in [1.29, 1.82) is 0 Å². The van der Waals surface area contributed by atoms with Crippen molar-refractivity contribution in [3.8, 4) is 11.5 Å². The van der Waals surface area contributed by atoms with E-state index in [0.29, 0.717) is 4.83 Å². The van der Waals surface area contributed by atoms with Crippen molar-refractivity contribution in [3.63, 3.8) is 0 Å². The normalized spacial score (nSPS) is 12.0. The van der Waals surface area contributed by atoms with E-state index in [1.165, 1.54) is 107 Å². The second-order valence-electron chi connectivity index (χ2n) is 10.3. The van der Waals surface area contributed by atoms with Gasteiger partial charge in [0.15, 0.2) is 11.5 Å². The molecule has 0 amide bonds. The van der Waals surface area contributed by atoms with E-state index in [4.69, 9.17) is 9.47 Å². The van der Waals surface area contributed by atoms with Crippen molar-refractivity contribution in [3.05, 3.63) is 47.5 Å². The molecule has 0 radical (unpaired) electrons. The molecule has 1 unspecified atom stereocenters. The highest BCUT2D eigenvalue weighted by Gasteiger charge is 2.15. The van der Waals surface area contributed by atoms with Gasteiger partial charge in [0.25, 0.3) is 0 Å². The zero-order valence-corrected chi connectivity index (χ0v) is 26.4. The van der Waals surface area contributed by atoms with Crippen LogP contribution in [-0.4, -0.2) is 19.0 Å². The molecule has 1 atom stereocenters. The third kappa shape index (κ3) is 12.5. The molecule has 2 nitrogen and oxygen atoms in total. The van der Waals surface area contributed by atoms with Crippen LogP contribution in [0.3, 0.4) is 0 Å². The van der Waals surface area contributed by atoms with Crippen molar-refractivity contribution >= 4 is 27.7 Å². The van der Waals surface area contributed by atoms with Crippen LogP contribution in [0.25, 0.3) is 0 Å². The Kier molecular flexibility index (Phi) is 17.2. The van der Waals surface area contributed by atoms with Crippen LogP contribution in [0.4, 0.5) is 0 Å². The van der Waals surface area contributed by atoms with E-state index in [9.17, 15) is 0 Å². The van der Waals surface area contributed by atoms with Gasteiger partial charge in [-0.2, -0.15) is 0 Å². The van der Waals surface area contributed by atoms with E-state index in [-0.39, 0.29) is 0 Å². The summed E-state index contributed by atoms with van der Waals surface area (Å²) in [5.41, 5.74) is 2.51. The number of aryl methyl sites for hydroxylation is 2. The van der Waals surface area contributed by atoms with Crippen LogP contribution in [0, 0.1) is 6.92 Å². The quantitative estimate of drug-likeness (QED) is 0.106. The molecule has 0 fully saturated rings. The van der Waals surface area contributed by atoms with Crippen LogP contribution in [0.15, 0.2) is 46.2 Å². The van der Waals surface area contributed by atoms with E-state index in [1.54, 1.807) is 26.0 Å². The topological polar surface area (TPSA) is 18.5 Å². The van der Waals surface area contributed by atoms with Gasteiger partial charge in [0.05, 0.1) is 19.1 Å². The van der Waals surface area contributed by atoms with Gasteiger partial charge in [0.1, 0.15) is 0 Å². The molecule has 0 saturated heterocycles. The smallest absolute Gasteiger partial charge is 0.174 e. The van der Waals surface area contributed by atoms with Crippen LogP contribution < -0.4 is 9.47 Å². The minimum absolute atomic E-state index is 0.667. The molecule has 0 aliphatic heterocycles. The van der Waals surface area contributed by atoms with Gasteiger partial charge >= 0.3 is 0 Å². The lowest BCUT2D eigenvalue weighted by Gasteiger charge is -2.16. The molecule has 0 aliphatic carbocycles. The molecule has 2 rings (SSSR count). The summed E-state index contributed by atoms with van der Waals surface area (Å²) in [6, 6.07) is 13.0. The second kappa shape index (κ2) is 19.9. The predicted molar refractivity (Wildman–Crippen MR) is 166 cm³/mol. The molecule has 0 bridgehead atoms. The van der Waals surface area contributed by atoms with Gasteiger partial charge < -0.3 is 9.47 Å². The molecular formula is C33H51BrO2S. The average Bonchev–Trinajstić information content (AvgIpc) is 2.91. The molecule has 2 aromatic carbocycles. The maximum absolute atomic E-state index is 5.72. The third-order valence-corrected chi connectivity index (χ3v) is 9.28.